The van der Waals surface area contributed by atoms with Gasteiger partial charge in [-0.2, -0.15) is 0 Å². The largest absolute Gasteiger partial charge is 0.319 e. The van der Waals surface area contributed by atoms with Crippen LogP contribution in [0.25, 0.3) is 0 Å². The van der Waals surface area contributed by atoms with E-state index < -0.39 is 0 Å². The molecule has 0 unspecified atom stereocenters. The van der Waals surface area contributed by atoms with Crippen molar-refractivity contribution in [1.82, 2.24) is 0 Å². The van der Waals surface area contributed by atoms with Crippen LogP contribution >= 0.6 is 0 Å². The minimum absolute atomic E-state index is 0.867. The van der Waals surface area contributed by atoms with E-state index in [1.54, 1.807) is 5.56 Å². The molecule has 0 bridgehead atoms. The van der Waals surface area contributed by atoms with Gasteiger partial charge in [0.2, 0.25) is 0 Å². The molecule has 0 aliphatic heterocycles. The Hall–Kier alpha value is -0.820. The molecular weight excluding hydrogens is 386 g/mol. The van der Waals surface area contributed by atoms with Gasteiger partial charge < -0.3 is 4.48 Å². The zero-order chi connectivity index (χ0) is 23.7. The highest BCUT2D eigenvalue weighted by Gasteiger charge is 2.35. The number of hydrogen-bond donors (Lipinski definition) is 0. The van der Waals surface area contributed by atoms with E-state index in [-0.39, 0.29) is 0 Å². The van der Waals surface area contributed by atoms with Gasteiger partial charge in [-0.25, -0.2) is 0 Å². The highest BCUT2D eigenvalue weighted by molar-refractivity contribution is 5.13. The Morgan fingerprint density at radius 2 is 0.938 bits per heavy atom. The number of unbranched alkanes of at least 4 members (excludes halogenated alkanes) is 3. The summed E-state index contributed by atoms with van der Waals surface area (Å²) >= 11 is 0. The molecule has 1 rings (SSSR count). The minimum atomic E-state index is 0.867. The standard InChI is InChI=1S/C31H58N/c1-7-13-19-28(10-4)24-32(25-29(11-5)20-14-8-2,26-30(12-6)21-15-9-3)27-31-22-17-16-18-23-31/h16-18,22-23,28-30H,7-15,19-21,24-27H2,1-6H3/q+1/t28-,29-,30+/m1/s1. The van der Waals surface area contributed by atoms with Crippen molar-refractivity contribution in [3.63, 3.8) is 0 Å². The third-order valence-corrected chi connectivity index (χ3v) is 7.93. The monoisotopic (exact) mass is 444 g/mol. The summed E-state index contributed by atoms with van der Waals surface area (Å²) in [6.45, 7) is 19.8. The average Bonchev–Trinajstić information content (AvgIpc) is 2.82. The van der Waals surface area contributed by atoms with Gasteiger partial charge in [0, 0.05) is 23.3 Å². The Bertz CT molecular complexity index is 491. The van der Waals surface area contributed by atoms with Gasteiger partial charge in [-0.05, 0) is 38.5 Å². The molecule has 0 heterocycles. The molecule has 1 aromatic rings. The summed E-state index contributed by atoms with van der Waals surface area (Å²) in [6.07, 6.45) is 16.4. The maximum atomic E-state index is 2.44. The van der Waals surface area contributed by atoms with Gasteiger partial charge in [-0.1, -0.05) is 110 Å². The first-order valence-corrected chi connectivity index (χ1v) is 14.4. The highest BCUT2D eigenvalue weighted by atomic mass is 15.4. The fraction of sp³-hybridized carbons (Fsp3) is 0.806. The molecule has 3 atom stereocenters. The van der Waals surface area contributed by atoms with E-state index in [9.17, 15) is 0 Å². The summed E-state index contributed by atoms with van der Waals surface area (Å²) < 4.78 is 1.33. The zero-order valence-electron chi connectivity index (χ0n) is 22.9. The predicted octanol–water partition coefficient (Wildman–Crippen LogP) is 9.65. The van der Waals surface area contributed by atoms with E-state index in [0.29, 0.717) is 0 Å². The predicted molar refractivity (Wildman–Crippen MR) is 145 cm³/mol. The maximum absolute atomic E-state index is 2.44. The van der Waals surface area contributed by atoms with Crippen LogP contribution in [0.4, 0.5) is 0 Å². The van der Waals surface area contributed by atoms with Gasteiger partial charge >= 0.3 is 0 Å². The number of hydrogen-bond acceptors (Lipinski definition) is 0. The SMILES string of the molecule is CCCC[C@@H](CC)C[N+](Cc1ccccc1)(C[C@H](CC)CCCC)C[C@@H](CC)CCCC. The third-order valence-electron chi connectivity index (χ3n) is 7.93. The first-order chi connectivity index (χ1) is 15.6. The first kappa shape index (κ1) is 29.2. The van der Waals surface area contributed by atoms with Crippen LogP contribution in [0, 0.1) is 17.8 Å². The molecule has 0 N–H and O–H groups in total. The van der Waals surface area contributed by atoms with Crippen molar-refractivity contribution in [2.24, 2.45) is 17.8 Å². The van der Waals surface area contributed by atoms with Crippen molar-refractivity contribution in [2.45, 2.75) is 125 Å². The number of quaternary nitrogens is 1. The molecule has 0 saturated carbocycles. The van der Waals surface area contributed by atoms with Crippen molar-refractivity contribution in [2.75, 3.05) is 19.6 Å². The molecule has 1 aromatic carbocycles. The second kappa shape index (κ2) is 17.6. The van der Waals surface area contributed by atoms with Gasteiger partial charge in [0.05, 0.1) is 19.6 Å². The minimum Gasteiger partial charge on any atom is -0.319 e. The normalized spacial score (nSPS) is 14.9. The van der Waals surface area contributed by atoms with Crippen LogP contribution in [-0.2, 0) is 6.54 Å². The first-order valence-electron chi connectivity index (χ1n) is 14.4. The van der Waals surface area contributed by atoms with Crippen LogP contribution in [0.5, 0.6) is 0 Å². The van der Waals surface area contributed by atoms with Crippen molar-refractivity contribution >= 4 is 0 Å². The fourth-order valence-corrected chi connectivity index (χ4v) is 5.78. The zero-order valence-corrected chi connectivity index (χ0v) is 22.9. The second-order valence-electron chi connectivity index (χ2n) is 10.8. The summed E-state index contributed by atoms with van der Waals surface area (Å²) in [7, 11) is 0. The summed E-state index contributed by atoms with van der Waals surface area (Å²) in [5.41, 5.74) is 1.55. The fourth-order valence-electron chi connectivity index (χ4n) is 5.78. The molecule has 1 heteroatoms. The number of nitrogens with zero attached hydrogens (tertiary/aromatic N) is 1. The van der Waals surface area contributed by atoms with Crippen molar-refractivity contribution in [3.05, 3.63) is 35.9 Å². The van der Waals surface area contributed by atoms with Crippen LogP contribution in [-0.4, -0.2) is 24.1 Å². The topological polar surface area (TPSA) is 0 Å². The average molecular weight is 445 g/mol. The van der Waals surface area contributed by atoms with Crippen LogP contribution in [0.15, 0.2) is 30.3 Å². The molecule has 1 nitrogen and oxygen atoms in total. The van der Waals surface area contributed by atoms with E-state index in [1.165, 1.54) is 108 Å². The van der Waals surface area contributed by atoms with E-state index in [4.69, 9.17) is 0 Å². The Kier molecular flexibility index (Phi) is 16.1. The lowest BCUT2D eigenvalue weighted by molar-refractivity contribution is -0.950. The van der Waals surface area contributed by atoms with E-state index in [0.717, 1.165) is 17.8 Å². The van der Waals surface area contributed by atoms with Gasteiger partial charge in [0.1, 0.15) is 6.54 Å². The third kappa shape index (κ3) is 11.4. The lowest BCUT2D eigenvalue weighted by Crippen LogP contribution is -2.55. The van der Waals surface area contributed by atoms with Crippen LogP contribution in [0.1, 0.15) is 124 Å². The molecule has 0 aliphatic rings. The lowest BCUT2D eigenvalue weighted by atomic mass is 9.90. The van der Waals surface area contributed by atoms with Crippen LogP contribution in [0.3, 0.4) is 0 Å². The number of rotatable bonds is 20. The maximum Gasteiger partial charge on any atom is 0.104 e. The summed E-state index contributed by atoms with van der Waals surface area (Å²) in [5.74, 6) is 2.60. The molecular formula is C31H58N+. The molecule has 0 aromatic heterocycles. The molecule has 0 amide bonds. The van der Waals surface area contributed by atoms with Crippen molar-refractivity contribution in [3.8, 4) is 0 Å². The van der Waals surface area contributed by atoms with Gasteiger partial charge in [-0.15, -0.1) is 0 Å². The molecule has 0 spiro atoms. The Morgan fingerprint density at radius 3 is 1.25 bits per heavy atom. The highest BCUT2D eigenvalue weighted by Crippen LogP contribution is 2.30. The Labute approximate surface area is 203 Å². The number of benzene rings is 1. The molecule has 0 aliphatic carbocycles. The summed E-state index contributed by atoms with van der Waals surface area (Å²) in [4.78, 5) is 0. The van der Waals surface area contributed by atoms with E-state index in [1.807, 2.05) is 0 Å². The molecule has 0 fully saturated rings. The molecule has 32 heavy (non-hydrogen) atoms. The smallest absolute Gasteiger partial charge is 0.104 e. The van der Waals surface area contributed by atoms with Gasteiger partial charge in [-0.3, -0.25) is 0 Å². The van der Waals surface area contributed by atoms with Gasteiger partial charge in [0.25, 0.3) is 0 Å². The van der Waals surface area contributed by atoms with Crippen molar-refractivity contribution in [1.29, 1.82) is 0 Å². The summed E-state index contributed by atoms with van der Waals surface area (Å²) in [5, 5.41) is 0. The van der Waals surface area contributed by atoms with Crippen molar-refractivity contribution < 1.29 is 4.48 Å². The molecule has 186 valence electrons. The molecule has 0 saturated heterocycles. The van der Waals surface area contributed by atoms with E-state index >= 15 is 0 Å². The quantitative estimate of drug-likeness (QED) is 0.176. The van der Waals surface area contributed by atoms with E-state index in [2.05, 4.69) is 71.9 Å². The molecule has 0 radical (unpaired) electrons. The lowest BCUT2D eigenvalue weighted by Gasteiger charge is -2.45. The second-order valence-corrected chi connectivity index (χ2v) is 10.8. The van der Waals surface area contributed by atoms with Crippen LogP contribution < -0.4 is 0 Å². The van der Waals surface area contributed by atoms with Crippen LogP contribution in [0.2, 0.25) is 0 Å². The Morgan fingerprint density at radius 1 is 0.562 bits per heavy atom. The van der Waals surface area contributed by atoms with Gasteiger partial charge in [0.15, 0.2) is 0 Å². The Balaban J connectivity index is 3.29. The summed E-state index contributed by atoms with van der Waals surface area (Å²) in [6, 6.07) is 11.5.